The van der Waals surface area contributed by atoms with Crippen LogP contribution in [0.15, 0.2) is 57.2 Å². The molecule has 100 valence electrons. The average molecular weight is 268 g/mol. The fourth-order valence-electron chi connectivity index (χ4n) is 2.28. The highest BCUT2D eigenvalue weighted by molar-refractivity contribution is 6.38. The van der Waals surface area contributed by atoms with Gasteiger partial charge in [0.15, 0.2) is 0 Å². The number of carbonyl (C=O) groups is 2. The number of ether oxygens (including phenoxy) is 1. The van der Waals surface area contributed by atoms with Gasteiger partial charge in [-0.2, -0.15) is 0 Å². The maximum atomic E-state index is 12.3. The highest BCUT2D eigenvalue weighted by Crippen LogP contribution is 2.28. The van der Waals surface area contributed by atoms with Gasteiger partial charge in [-0.1, -0.05) is 12.2 Å². The fraction of sp³-hybridized carbons (Fsp3) is 0.200. The molecule has 0 saturated carbocycles. The van der Waals surface area contributed by atoms with E-state index in [9.17, 15) is 9.59 Å². The summed E-state index contributed by atoms with van der Waals surface area (Å²) in [6.45, 7) is 1.92. The molecule has 0 aromatic carbocycles. The van der Waals surface area contributed by atoms with Crippen LogP contribution >= 0.6 is 0 Å². The predicted octanol–water partition coefficient (Wildman–Crippen LogP) is 1.33. The molecule has 3 rings (SSSR count). The molecule has 0 fully saturated rings. The number of ketones is 1. The molecule has 2 heterocycles. The van der Waals surface area contributed by atoms with Crippen molar-refractivity contribution < 1.29 is 14.3 Å². The summed E-state index contributed by atoms with van der Waals surface area (Å²) in [4.78, 5) is 32.6. The zero-order chi connectivity index (χ0) is 14.1. The summed E-state index contributed by atoms with van der Waals surface area (Å²) in [5.41, 5.74) is 1.95. The van der Waals surface area contributed by atoms with Crippen molar-refractivity contribution in [2.24, 2.45) is 9.98 Å². The number of rotatable bonds is 2. The third-order valence-corrected chi connectivity index (χ3v) is 3.22. The molecule has 0 bridgehead atoms. The van der Waals surface area contributed by atoms with Gasteiger partial charge in [0.05, 0.1) is 12.3 Å². The van der Waals surface area contributed by atoms with Crippen molar-refractivity contribution in [2.45, 2.75) is 13.0 Å². The van der Waals surface area contributed by atoms with E-state index in [1.807, 2.05) is 18.2 Å². The van der Waals surface area contributed by atoms with Crippen LogP contribution in [0.2, 0.25) is 0 Å². The van der Waals surface area contributed by atoms with Gasteiger partial charge < -0.3 is 4.74 Å². The largest absolute Gasteiger partial charge is 0.462 e. The summed E-state index contributed by atoms with van der Waals surface area (Å²) >= 11 is 0. The second-order valence-corrected chi connectivity index (χ2v) is 4.41. The van der Waals surface area contributed by atoms with Gasteiger partial charge in [-0.05, 0) is 24.6 Å². The second-order valence-electron chi connectivity index (χ2n) is 4.41. The third kappa shape index (κ3) is 1.87. The maximum absolute atomic E-state index is 12.3. The first-order valence-electron chi connectivity index (χ1n) is 6.34. The Kier molecular flexibility index (Phi) is 3.02. The molecule has 1 atom stereocenters. The number of aliphatic imine (C=N–C) groups is 2. The summed E-state index contributed by atoms with van der Waals surface area (Å²) in [7, 11) is 0. The number of esters is 1. The Morgan fingerprint density at radius 1 is 1.40 bits per heavy atom. The van der Waals surface area contributed by atoms with Crippen LogP contribution in [-0.4, -0.2) is 36.3 Å². The Balaban J connectivity index is 2.00. The first-order chi connectivity index (χ1) is 9.72. The van der Waals surface area contributed by atoms with Gasteiger partial charge in [-0.25, -0.2) is 4.79 Å². The van der Waals surface area contributed by atoms with Crippen molar-refractivity contribution in [3.63, 3.8) is 0 Å². The number of nitrogens with zero attached hydrogens (tertiary/aromatic N) is 2. The van der Waals surface area contributed by atoms with Crippen molar-refractivity contribution >= 4 is 23.7 Å². The number of hydrogen-bond donors (Lipinski definition) is 0. The Morgan fingerprint density at radius 3 is 3.05 bits per heavy atom. The molecule has 0 amide bonds. The lowest BCUT2D eigenvalue weighted by Crippen LogP contribution is -2.33. The summed E-state index contributed by atoms with van der Waals surface area (Å²) in [6, 6.07) is -0.260. The number of allylic oxidation sites excluding steroid dienone is 3. The minimum Gasteiger partial charge on any atom is -0.462 e. The maximum Gasteiger partial charge on any atom is 0.343 e. The first kappa shape index (κ1) is 12.5. The van der Waals surface area contributed by atoms with Gasteiger partial charge in [-0.3, -0.25) is 14.8 Å². The van der Waals surface area contributed by atoms with E-state index in [2.05, 4.69) is 9.98 Å². The van der Waals surface area contributed by atoms with E-state index in [4.69, 9.17) is 4.74 Å². The molecule has 1 unspecified atom stereocenters. The number of fused-ring (bicyclic) bond motifs is 3. The SMILES string of the molecule is CCOC(=O)C1=CN=C2C(=CC=C3C=CC=NC32)C1=O. The number of Topliss-reactive ketones (excluding diaryl/α,β-unsaturated/α-hetero) is 1. The lowest BCUT2D eigenvalue weighted by molar-refractivity contribution is -0.139. The van der Waals surface area contributed by atoms with Crippen molar-refractivity contribution in [3.8, 4) is 0 Å². The van der Waals surface area contributed by atoms with E-state index in [0.717, 1.165) is 5.57 Å². The zero-order valence-corrected chi connectivity index (χ0v) is 10.9. The highest BCUT2D eigenvalue weighted by atomic mass is 16.5. The zero-order valence-electron chi connectivity index (χ0n) is 10.9. The summed E-state index contributed by atoms with van der Waals surface area (Å²) < 4.78 is 4.86. The molecular formula is C15H12N2O3. The van der Waals surface area contributed by atoms with E-state index >= 15 is 0 Å². The average Bonchev–Trinajstić information content (AvgIpc) is 2.47. The van der Waals surface area contributed by atoms with E-state index in [1.165, 1.54) is 6.20 Å². The van der Waals surface area contributed by atoms with Gasteiger partial charge in [0.25, 0.3) is 0 Å². The molecule has 2 aliphatic heterocycles. The van der Waals surface area contributed by atoms with Gasteiger partial charge in [0.1, 0.15) is 11.6 Å². The minimum atomic E-state index is -0.636. The van der Waals surface area contributed by atoms with Crippen LogP contribution in [-0.2, 0) is 14.3 Å². The summed E-state index contributed by atoms with van der Waals surface area (Å²) in [6.07, 6.45) is 10.3. The standard InChI is InChI=1S/C15H12N2O3/c1-2-20-15(19)11-8-17-13-10(14(11)18)6-5-9-4-3-7-16-12(9)13/h3-8,12H,2H2,1H3. The predicted molar refractivity (Wildman–Crippen MR) is 74.7 cm³/mol. The molecule has 5 heteroatoms. The summed E-state index contributed by atoms with van der Waals surface area (Å²) in [5.74, 6) is -0.989. The lowest BCUT2D eigenvalue weighted by atomic mass is 9.85. The van der Waals surface area contributed by atoms with E-state index < -0.39 is 5.97 Å². The Morgan fingerprint density at radius 2 is 2.25 bits per heavy atom. The molecule has 1 aliphatic carbocycles. The lowest BCUT2D eigenvalue weighted by Gasteiger charge is -2.25. The van der Waals surface area contributed by atoms with Crippen LogP contribution in [0.1, 0.15) is 6.92 Å². The Labute approximate surface area is 115 Å². The monoisotopic (exact) mass is 268 g/mol. The van der Waals surface area contributed by atoms with E-state index in [1.54, 1.807) is 19.2 Å². The molecule has 5 nitrogen and oxygen atoms in total. The van der Waals surface area contributed by atoms with Crippen LogP contribution in [0.3, 0.4) is 0 Å². The van der Waals surface area contributed by atoms with Crippen LogP contribution in [0.4, 0.5) is 0 Å². The number of carbonyl (C=O) groups excluding carboxylic acids is 2. The van der Waals surface area contributed by atoms with Crippen molar-refractivity contribution in [2.75, 3.05) is 6.61 Å². The molecule has 0 N–H and O–H groups in total. The molecule has 0 aromatic rings. The quantitative estimate of drug-likeness (QED) is 0.560. The number of hydrogen-bond acceptors (Lipinski definition) is 5. The third-order valence-electron chi connectivity index (χ3n) is 3.22. The van der Waals surface area contributed by atoms with Gasteiger partial charge in [0, 0.05) is 18.0 Å². The normalized spacial score (nSPS) is 23.1. The van der Waals surface area contributed by atoms with Crippen LogP contribution in [0.25, 0.3) is 0 Å². The second kappa shape index (κ2) is 4.85. The molecule has 0 spiro atoms. The molecule has 0 aromatic heterocycles. The number of dihydropyridines is 1. The molecule has 0 radical (unpaired) electrons. The van der Waals surface area contributed by atoms with Crippen molar-refractivity contribution in [1.82, 2.24) is 0 Å². The van der Waals surface area contributed by atoms with Gasteiger partial charge in [-0.15, -0.1) is 0 Å². The molecule has 3 aliphatic rings. The first-order valence-corrected chi connectivity index (χ1v) is 6.34. The van der Waals surface area contributed by atoms with E-state index in [-0.39, 0.29) is 24.0 Å². The van der Waals surface area contributed by atoms with E-state index in [0.29, 0.717) is 11.3 Å². The Bertz CT molecular complexity index is 675. The van der Waals surface area contributed by atoms with Crippen molar-refractivity contribution in [1.29, 1.82) is 0 Å². The van der Waals surface area contributed by atoms with Crippen LogP contribution in [0, 0.1) is 0 Å². The van der Waals surface area contributed by atoms with Crippen LogP contribution in [0.5, 0.6) is 0 Å². The summed E-state index contributed by atoms with van der Waals surface area (Å²) in [5, 5.41) is 0. The Hall–Kier alpha value is -2.56. The van der Waals surface area contributed by atoms with Crippen LogP contribution < -0.4 is 0 Å². The fourth-order valence-corrected chi connectivity index (χ4v) is 2.28. The molecule has 20 heavy (non-hydrogen) atoms. The van der Waals surface area contributed by atoms with Crippen molar-refractivity contribution in [3.05, 3.63) is 47.2 Å². The highest BCUT2D eigenvalue weighted by Gasteiger charge is 2.35. The minimum absolute atomic E-state index is 0.0333. The topological polar surface area (TPSA) is 68.1 Å². The van der Waals surface area contributed by atoms with Gasteiger partial charge in [0.2, 0.25) is 5.78 Å². The van der Waals surface area contributed by atoms with Gasteiger partial charge >= 0.3 is 5.97 Å². The smallest absolute Gasteiger partial charge is 0.343 e. The molecular weight excluding hydrogens is 256 g/mol. The molecule has 0 saturated heterocycles.